The predicted molar refractivity (Wildman–Crippen MR) is 62.2 cm³/mol. The van der Waals surface area contributed by atoms with Crippen molar-refractivity contribution in [3.8, 4) is 0 Å². The van der Waals surface area contributed by atoms with E-state index in [1.807, 2.05) is 0 Å². The van der Waals surface area contributed by atoms with Gasteiger partial charge in [0.15, 0.2) is 0 Å². The second-order valence-electron chi connectivity index (χ2n) is 6.36. The lowest BCUT2D eigenvalue weighted by molar-refractivity contribution is 0.186. The van der Waals surface area contributed by atoms with Crippen LogP contribution in [0.4, 0.5) is 0 Å². The van der Waals surface area contributed by atoms with E-state index in [-0.39, 0.29) is 0 Å². The fourth-order valence-corrected chi connectivity index (χ4v) is 4.05. The first-order valence-corrected chi connectivity index (χ1v) is 6.63. The molecule has 0 heteroatoms. The van der Waals surface area contributed by atoms with Crippen LogP contribution < -0.4 is 0 Å². The van der Waals surface area contributed by atoms with Gasteiger partial charge in [0.25, 0.3) is 0 Å². The van der Waals surface area contributed by atoms with Crippen LogP contribution in [0.3, 0.4) is 0 Å². The van der Waals surface area contributed by atoms with E-state index in [2.05, 4.69) is 20.8 Å². The number of fused-ring (bicyclic) bond motifs is 1. The molecule has 0 aromatic heterocycles. The molecule has 0 radical (unpaired) electrons. The largest absolute Gasteiger partial charge is 0.0654 e. The summed E-state index contributed by atoms with van der Waals surface area (Å²) in [5.74, 6) is 3.28. The Balaban J connectivity index is 1.94. The second-order valence-corrected chi connectivity index (χ2v) is 6.36. The van der Waals surface area contributed by atoms with E-state index >= 15 is 0 Å². The van der Waals surface area contributed by atoms with Gasteiger partial charge in [-0.25, -0.2) is 0 Å². The molecule has 0 N–H and O–H groups in total. The molecule has 0 spiro atoms. The first kappa shape index (κ1) is 10.5. The first-order valence-electron chi connectivity index (χ1n) is 6.63. The molecule has 0 heterocycles. The third kappa shape index (κ3) is 1.85. The highest BCUT2D eigenvalue weighted by atomic mass is 14.5. The number of rotatable bonds is 3. The van der Waals surface area contributed by atoms with Crippen LogP contribution in [0.25, 0.3) is 0 Å². The highest BCUT2D eigenvalue weighted by Crippen LogP contribution is 2.53. The minimum absolute atomic E-state index is 0.624. The molecule has 2 unspecified atom stereocenters. The van der Waals surface area contributed by atoms with Crippen LogP contribution in [0.15, 0.2) is 0 Å². The van der Waals surface area contributed by atoms with E-state index in [4.69, 9.17) is 0 Å². The number of hydrogen-bond donors (Lipinski definition) is 0. The normalized spacial score (nSPS) is 37.5. The monoisotopic (exact) mass is 194 g/mol. The summed E-state index contributed by atoms with van der Waals surface area (Å²) in [6, 6.07) is 0. The maximum absolute atomic E-state index is 2.50. The van der Waals surface area contributed by atoms with Gasteiger partial charge in [0.1, 0.15) is 0 Å². The zero-order valence-corrected chi connectivity index (χ0v) is 10.2. The van der Waals surface area contributed by atoms with Gasteiger partial charge >= 0.3 is 0 Å². The van der Waals surface area contributed by atoms with E-state index in [9.17, 15) is 0 Å². The molecule has 0 saturated heterocycles. The fourth-order valence-electron chi connectivity index (χ4n) is 4.05. The average molecular weight is 194 g/mol. The Labute approximate surface area is 89.5 Å². The first-order chi connectivity index (χ1) is 6.63. The second kappa shape index (κ2) is 3.87. The molecule has 0 bridgehead atoms. The number of hydrogen-bond acceptors (Lipinski definition) is 0. The van der Waals surface area contributed by atoms with Crippen molar-refractivity contribution < 1.29 is 0 Å². The van der Waals surface area contributed by atoms with E-state index < -0.39 is 0 Å². The van der Waals surface area contributed by atoms with Gasteiger partial charge in [-0.05, 0) is 42.4 Å². The SMILES string of the molecule is CCCC(C)(C)C1CC2CCCC2C1. The van der Waals surface area contributed by atoms with Crippen molar-refractivity contribution in [3.63, 3.8) is 0 Å². The maximum Gasteiger partial charge on any atom is -0.0326 e. The van der Waals surface area contributed by atoms with Gasteiger partial charge in [0.2, 0.25) is 0 Å². The summed E-state index contributed by atoms with van der Waals surface area (Å²) in [6.45, 7) is 7.34. The third-order valence-corrected chi connectivity index (χ3v) is 4.99. The Morgan fingerprint density at radius 1 is 1.07 bits per heavy atom. The van der Waals surface area contributed by atoms with Gasteiger partial charge < -0.3 is 0 Å². The quantitative estimate of drug-likeness (QED) is 0.614. The van der Waals surface area contributed by atoms with Crippen molar-refractivity contribution in [3.05, 3.63) is 0 Å². The van der Waals surface area contributed by atoms with Crippen LogP contribution in [0, 0.1) is 23.2 Å². The van der Waals surface area contributed by atoms with Crippen LogP contribution in [-0.4, -0.2) is 0 Å². The Morgan fingerprint density at radius 2 is 1.64 bits per heavy atom. The molecule has 0 aromatic carbocycles. The molecule has 2 aliphatic rings. The molecule has 2 rings (SSSR count). The summed E-state index contributed by atoms with van der Waals surface area (Å²) in [7, 11) is 0. The highest BCUT2D eigenvalue weighted by molar-refractivity contribution is 4.93. The predicted octanol–water partition coefficient (Wildman–Crippen LogP) is 4.64. The topological polar surface area (TPSA) is 0 Å². The summed E-state index contributed by atoms with van der Waals surface area (Å²) < 4.78 is 0. The minimum Gasteiger partial charge on any atom is -0.0654 e. The summed E-state index contributed by atoms with van der Waals surface area (Å²) in [5.41, 5.74) is 0.624. The van der Waals surface area contributed by atoms with Crippen molar-refractivity contribution in [1.29, 1.82) is 0 Å². The molecule has 2 saturated carbocycles. The molecule has 2 aliphatic carbocycles. The summed E-state index contributed by atoms with van der Waals surface area (Å²) in [4.78, 5) is 0. The Kier molecular flexibility index (Phi) is 2.91. The minimum atomic E-state index is 0.624. The smallest absolute Gasteiger partial charge is 0.0326 e. The molecule has 0 aliphatic heterocycles. The fraction of sp³-hybridized carbons (Fsp3) is 1.00. The molecule has 0 aromatic rings. The molecule has 2 atom stereocenters. The van der Waals surface area contributed by atoms with Gasteiger partial charge in [-0.1, -0.05) is 46.5 Å². The van der Waals surface area contributed by atoms with Crippen LogP contribution in [0.5, 0.6) is 0 Å². The Hall–Kier alpha value is 0. The van der Waals surface area contributed by atoms with E-state index in [1.165, 1.54) is 19.3 Å². The summed E-state index contributed by atoms with van der Waals surface area (Å²) in [6.07, 6.45) is 10.5. The Bertz CT molecular complexity index is 180. The van der Waals surface area contributed by atoms with Crippen LogP contribution in [-0.2, 0) is 0 Å². The molecule has 14 heavy (non-hydrogen) atoms. The molecule has 2 fully saturated rings. The lowest BCUT2D eigenvalue weighted by atomic mass is 9.74. The maximum atomic E-state index is 2.50. The molecular weight excluding hydrogens is 168 g/mol. The summed E-state index contributed by atoms with van der Waals surface area (Å²) in [5, 5.41) is 0. The lowest BCUT2D eigenvalue weighted by Crippen LogP contribution is -2.22. The zero-order chi connectivity index (χ0) is 10.2. The van der Waals surface area contributed by atoms with Crippen molar-refractivity contribution in [2.45, 2.75) is 65.7 Å². The van der Waals surface area contributed by atoms with Crippen molar-refractivity contribution in [1.82, 2.24) is 0 Å². The van der Waals surface area contributed by atoms with Crippen molar-refractivity contribution in [2.75, 3.05) is 0 Å². The van der Waals surface area contributed by atoms with E-state index in [0.717, 1.165) is 17.8 Å². The van der Waals surface area contributed by atoms with E-state index in [1.54, 1.807) is 25.7 Å². The standard InChI is InChI=1S/C14H26/c1-4-8-14(2,3)13-9-11-6-5-7-12(11)10-13/h11-13H,4-10H2,1-3H3. The molecule has 0 nitrogen and oxygen atoms in total. The molecular formula is C14H26. The Morgan fingerprint density at radius 3 is 2.14 bits per heavy atom. The van der Waals surface area contributed by atoms with Crippen LogP contribution in [0.1, 0.15) is 65.7 Å². The van der Waals surface area contributed by atoms with Gasteiger partial charge in [-0.2, -0.15) is 0 Å². The van der Waals surface area contributed by atoms with Gasteiger partial charge in [0.05, 0.1) is 0 Å². The van der Waals surface area contributed by atoms with E-state index in [0.29, 0.717) is 5.41 Å². The van der Waals surface area contributed by atoms with Gasteiger partial charge in [0, 0.05) is 0 Å². The summed E-state index contributed by atoms with van der Waals surface area (Å²) >= 11 is 0. The zero-order valence-electron chi connectivity index (χ0n) is 10.2. The van der Waals surface area contributed by atoms with Gasteiger partial charge in [-0.3, -0.25) is 0 Å². The van der Waals surface area contributed by atoms with Crippen LogP contribution in [0.2, 0.25) is 0 Å². The van der Waals surface area contributed by atoms with Crippen molar-refractivity contribution in [2.24, 2.45) is 23.2 Å². The highest BCUT2D eigenvalue weighted by Gasteiger charge is 2.42. The average Bonchev–Trinajstić information content (AvgIpc) is 2.60. The lowest BCUT2D eigenvalue weighted by Gasteiger charge is -2.32. The third-order valence-electron chi connectivity index (χ3n) is 4.99. The molecule has 82 valence electrons. The molecule has 0 amide bonds. The van der Waals surface area contributed by atoms with Crippen molar-refractivity contribution >= 4 is 0 Å². The van der Waals surface area contributed by atoms with Crippen LogP contribution >= 0.6 is 0 Å². The van der Waals surface area contributed by atoms with Gasteiger partial charge in [-0.15, -0.1) is 0 Å².